The molecule has 6 nitrogen and oxygen atoms in total. The van der Waals surface area contributed by atoms with Crippen LogP contribution in [0.4, 0.5) is 4.39 Å². The van der Waals surface area contributed by atoms with Crippen LogP contribution < -0.4 is 20.7 Å². The van der Waals surface area contributed by atoms with Crippen molar-refractivity contribution in [1.82, 2.24) is 16.0 Å². The van der Waals surface area contributed by atoms with Gasteiger partial charge in [-0.3, -0.25) is 9.79 Å². The molecule has 0 aliphatic rings. The highest BCUT2D eigenvalue weighted by atomic mass is 19.1. The Morgan fingerprint density at radius 1 is 1.04 bits per heavy atom. The first-order valence-corrected chi connectivity index (χ1v) is 8.78. The zero-order chi connectivity index (χ0) is 19.5. The summed E-state index contributed by atoms with van der Waals surface area (Å²) in [5, 5.41) is 9.11. The van der Waals surface area contributed by atoms with Crippen LogP contribution >= 0.6 is 0 Å². The molecule has 144 valence electrons. The molecule has 2 aromatic carbocycles. The minimum atomic E-state index is -0.294. The smallest absolute Gasteiger partial charge is 0.251 e. The largest absolute Gasteiger partial charge is 0.489 e. The summed E-state index contributed by atoms with van der Waals surface area (Å²) in [5.41, 5.74) is 0.631. The van der Waals surface area contributed by atoms with Gasteiger partial charge in [-0.1, -0.05) is 18.2 Å². The normalized spacial score (nSPS) is 12.2. The number of aliphatic imine (C=N–C) groups is 1. The third-order valence-electron chi connectivity index (χ3n) is 3.67. The number of carbonyl (C=O) groups excluding carboxylic acids is 1. The molecule has 1 amide bonds. The van der Waals surface area contributed by atoms with E-state index in [9.17, 15) is 9.18 Å². The minimum absolute atomic E-state index is 0.110. The van der Waals surface area contributed by atoms with Crippen molar-refractivity contribution in [2.75, 3.05) is 26.7 Å². The summed E-state index contributed by atoms with van der Waals surface area (Å²) in [5.74, 6) is 0.814. The van der Waals surface area contributed by atoms with Crippen LogP contribution in [0.25, 0.3) is 0 Å². The van der Waals surface area contributed by atoms with Crippen LogP contribution in [0.3, 0.4) is 0 Å². The van der Waals surface area contributed by atoms with Crippen LogP contribution in [-0.4, -0.2) is 44.7 Å². The maximum atomic E-state index is 12.9. The van der Waals surface area contributed by atoms with Crippen LogP contribution in [0.5, 0.6) is 5.75 Å². The second-order valence-corrected chi connectivity index (χ2v) is 5.88. The predicted molar refractivity (Wildman–Crippen MR) is 105 cm³/mol. The van der Waals surface area contributed by atoms with Crippen molar-refractivity contribution in [2.45, 2.75) is 13.0 Å². The highest BCUT2D eigenvalue weighted by Crippen LogP contribution is 2.12. The lowest BCUT2D eigenvalue weighted by Gasteiger charge is -2.18. The topological polar surface area (TPSA) is 74.8 Å². The van der Waals surface area contributed by atoms with Crippen molar-refractivity contribution in [1.29, 1.82) is 0 Å². The van der Waals surface area contributed by atoms with E-state index < -0.39 is 0 Å². The van der Waals surface area contributed by atoms with Crippen molar-refractivity contribution in [3.63, 3.8) is 0 Å². The molecule has 0 radical (unpaired) electrons. The first kappa shape index (κ1) is 20.2. The Bertz CT molecular complexity index is 735. The fourth-order valence-corrected chi connectivity index (χ4v) is 2.30. The maximum Gasteiger partial charge on any atom is 0.251 e. The molecule has 3 N–H and O–H groups in total. The van der Waals surface area contributed by atoms with E-state index in [-0.39, 0.29) is 17.8 Å². The summed E-state index contributed by atoms with van der Waals surface area (Å²) in [7, 11) is 1.67. The van der Waals surface area contributed by atoms with Gasteiger partial charge in [-0.15, -0.1) is 0 Å². The van der Waals surface area contributed by atoms with Crippen molar-refractivity contribution < 1.29 is 13.9 Å². The molecule has 1 atom stereocenters. The summed E-state index contributed by atoms with van der Waals surface area (Å²) in [6.45, 7) is 3.43. The van der Waals surface area contributed by atoms with Crippen molar-refractivity contribution in [2.24, 2.45) is 4.99 Å². The SMILES string of the molecule is CN=C(NCCNC(=O)c1ccccc1)NCC(C)Oc1ccc(F)cc1. The monoisotopic (exact) mass is 372 g/mol. The van der Waals surface area contributed by atoms with E-state index in [2.05, 4.69) is 20.9 Å². The van der Waals surface area contributed by atoms with Gasteiger partial charge in [0.25, 0.3) is 5.91 Å². The molecule has 0 bridgehead atoms. The molecule has 1 unspecified atom stereocenters. The lowest BCUT2D eigenvalue weighted by atomic mass is 10.2. The molecule has 0 saturated heterocycles. The quantitative estimate of drug-likeness (QED) is 0.377. The van der Waals surface area contributed by atoms with E-state index in [1.165, 1.54) is 12.1 Å². The number of amides is 1. The number of halogens is 1. The molecule has 27 heavy (non-hydrogen) atoms. The number of carbonyl (C=O) groups is 1. The number of hydrogen-bond acceptors (Lipinski definition) is 3. The Labute approximate surface area is 158 Å². The number of nitrogens with zero attached hydrogens (tertiary/aromatic N) is 1. The van der Waals surface area contributed by atoms with Crippen molar-refractivity contribution in [3.8, 4) is 5.75 Å². The summed E-state index contributed by atoms with van der Waals surface area (Å²) in [6, 6.07) is 15.0. The van der Waals surface area contributed by atoms with Gasteiger partial charge in [0.2, 0.25) is 0 Å². The maximum absolute atomic E-state index is 12.9. The number of hydrogen-bond donors (Lipinski definition) is 3. The first-order chi connectivity index (χ1) is 13.1. The summed E-state index contributed by atoms with van der Waals surface area (Å²) < 4.78 is 18.6. The number of ether oxygens (including phenoxy) is 1. The third kappa shape index (κ3) is 7.35. The highest BCUT2D eigenvalue weighted by Gasteiger charge is 2.07. The Morgan fingerprint density at radius 3 is 2.37 bits per heavy atom. The average molecular weight is 372 g/mol. The lowest BCUT2D eigenvalue weighted by molar-refractivity contribution is 0.0954. The molecule has 0 aliphatic carbocycles. The predicted octanol–water partition coefficient (Wildman–Crippen LogP) is 2.19. The van der Waals surface area contributed by atoms with E-state index in [0.717, 1.165) is 0 Å². The number of nitrogens with one attached hydrogen (secondary N) is 3. The van der Waals surface area contributed by atoms with Crippen molar-refractivity contribution >= 4 is 11.9 Å². The van der Waals surface area contributed by atoms with Gasteiger partial charge in [-0.05, 0) is 43.3 Å². The Balaban J connectivity index is 1.65. The van der Waals surface area contributed by atoms with E-state index in [1.54, 1.807) is 31.3 Å². The fourth-order valence-electron chi connectivity index (χ4n) is 2.30. The van der Waals surface area contributed by atoms with Crippen LogP contribution in [0.15, 0.2) is 59.6 Å². The Kier molecular flexibility index (Phi) is 8.09. The zero-order valence-corrected chi connectivity index (χ0v) is 15.5. The summed E-state index contributed by atoms with van der Waals surface area (Å²) >= 11 is 0. The fraction of sp³-hybridized carbons (Fsp3) is 0.300. The summed E-state index contributed by atoms with van der Waals surface area (Å²) in [6.07, 6.45) is -0.133. The van der Waals surface area contributed by atoms with Crippen LogP contribution in [0.2, 0.25) is 0 Å². The number of guanidine groups is 1. The molecule has 7 heteroatoms. The second-order valence-electron chi connectivity index (χ2n) is 5.88. The Hall–Kier alpha value is -3.09. The van der Waals surface area contributed by atoms with E-state index in [4.69, 9.17) is 4.74 Å². The molecular weight excluding hydrogens is 347 g/mol. The lowest BCUT2D eigenvalue weighted by Crippen LogP contribution is -2.44. The molecule has 0 spiro atoms. The van der Waals surface area contributed by atoms with E-state index in [0.29, 0.717) is 36.9 Å². The molecule has 0 aliphatic heterocycles. The third-order valence-corrected chi connectivity index (χ3v) is 3.67. The van der Waals surface area contributed by atoms with Crippen LogP contribution in [0, 0.1) is 5.82 Å². The molecule has 0 heterocycles. The molecule has 0 fully saturated rings. The summed E-state index contributed by atoms with van der Waals surface area (Å²) in [4.78, 5) is 16.1. The van der Waals surface area contributed by atoms with Gasteiger partial charge in [-0.25, -0.2) is 4.39 Å². The van der Waals surface area contributed by atoms with Gasteiger partial charge in [0.1, 0.15) is 17.7 Å². The molecule has 0 aromatic heterocycles. The molecular formula is C20H25FN4O2. The first-order valence-electron chi connectivity index (χ1n) is 8.78. The van der Waals surface area contributed by atoms with Gasteiger partial charge in [-0.2, -0.15) is 0 Å². The Morgan fingerprint density at radius 2 is 1.70 bits per heavy atom. The zero-order valence-electron chi connectivity index (χ0n) is 15.5. The van der Waals surface area contributed by atoms with Gasteiger partial charge < -0.3 is 20.7 Å². The highest BCUT2D eigenvalue weighted by molar-refractivity contribution is 5.94. The number of rotatable bonds is 8. The van der Waals surface area contributed by atoms with Crippen LogP contribution in [0.1, 0.15) is 17.3 Å². The van der Waals surface area contributed by atoms with Crippen LogP contribution in [-0.2, 0) is 0 Å². The molecule has 2 aromatic rings. The van der Waals surface area contributed by atoms with E-state index >= 15 is 0 Å². The van der Waals surface area contributed by atoms with Gasteiger partial charge in [0.15, 0.2) is 5.96 Å². The van der Waals surface area contributed by atoms with Gasteiger partial charge >= 0.3 is 0 Å². The molecule has 0 saturated carbocycles. The van der Waals surface area contributed by atoms with Crippen molar-refractivity contribution in [3.05, 3.63) is 66.0 Å². The van der Waals surface area contributed by atoms with Gasteiger partial charge in [0.05, 0.1) is 6.54 Å². The van der Waals surface area contributed by atoms with E-state index in [1.807, 2.05) is 25.1 Å². The standard InChI is InChI=1S/C20H25FN4O2/c1-15(27-18-10-8-17(21)9-11-18)14-25-20(22-2)24-13-12-23-19(26)16-6-4-3-5-7-16/h3-11,15H,12-14H2,1-2H3,(H,23,26)(H2,22,24,25). The second kappa shape index (κ2) is 10.8. The average Bonchev–Trinajstić information content (AvgIpc) is 2.69. The van der Waals surface area contributed by atoms with Gasteiger partial charge in [0, 0.05) is 25.7 Å². The number of benzene rings is 2. The minimum Gasteiger partial charge on any atom is -0.489 e. The molecule has 2 rings (SSSR count).